The highest BCUT2D eigenvalue weighted by Crippen LogP contribution is 2.30. The maximum atomic E-state index is 11.0. The number of anilines is 1. The molecule has 0 saturated heterocycles. The van der Waals surface area contributed by atoms with Gasteiger partial charge in [0.15, 0.2) is 6.29 Å². The molecule has 92 valence electrons. The average Bonchev–Trinajstić information content (AvgIpc) is 2.29. The van der Waals surface area contributed by atoms with E-state index < -0.39 is 0 Å². The van der Waals surface area contributed by atoms with E-state index in [9.17, 15) is 4.79 Å². The summed E-state index contributed by atoms with van der Waals surface area (Å²) >= 11 is 0. The van der Waals surface area contributed by atoms with Crippen molar-refractivity contribution >= 4 is 11.6 Å². The average molecular weight is 235 g/mol. The van der Waals surface area contributed by atoms with E-state index in [2.05, 4.69) is 5.32 Å². The molecule has 0 bridgehead atoms. The standard InChI is InChI=1S/C13H17NO3/c1-3-16-13-7-4-10-8-11(14-9(2)15)5-6-12(10)17-13/h5-6,8,13H,3-4,7H2,1-2H3,(H,14,15). The molecule has 0 spiro atoms. The van der Waals surface area contributed by atoms with Gasteiger partial charge in [0, 0.05) is 25.6 Å². The van der Waals surface area contributed by atoms with Crippen LogP contribution in [0.5, 0.6) is 5.75 Å². The van der Waals surface area contributed by atoms with Gasteiger partial charge in [-0.2, -0.15) is 0 Å². The van der Waals surface area contributed by atoms with Crippen LogP contribution < -0.4 is 10.1 Å². The zero-order valence-corrected chi connectivity index (χ0v) is 10.2. The highest BCUT2D eigenvalue weighted by molar-refractivity contribution is 5.88. The van der Waals surface area contributed by atoms with Gasteiger partial charge in [-0.3, -0.25) is 4.79 Å². The van der Waals surface area contributed by atoms with E-state index in [0.29, 0.717) is 6.61 Å². The summed E-state index contributed by atoms with van der Waals surface area (Å²) in [4.78, 5) is 11.0. The Hall–Kier alpha value is -1.55. The lowest BCUT2D eigenvalue weighted by Gasteiger charge is -2.26. The minimum absolute atomic E-state index is 0.0612. The van der Waals surface area contributed by atoms with Gasteiger partial charge in [-0.1, -0.05) is 0 Å². The third-order valence-electron chi connectivity index (χ3n) is 2.64. The van der Waals surface area contributed by atoms with Crippen molar-refractivity contribution in [2.24, 2.45) is 0 Å². The van der Waals surface area contributed by atoms with E-state index in [0.717, 1.165) is 29.8 Å². The van der Waals surface area contributed by atoms with E-state index in [-0.39, 0.29) is 12.2 Å². The first kappa shape index (κ1) is 11.9. The topological polar surface area (TPSA) is 47.6 Å². The van der Waals surface area contributed by atoms with Crippen LogP contribution in [0.2, 0.25) is 0 Å². The highest BCUT2D eigenvalue weighted by Gasteiger charge is 2.19. The number of carbonyl (C=O) groups is 1. The number of amides is 1. The van der Waals surface area contributed by atoms with Crippen molar-refractivity contribution in [1.29, 1.82) is 0 Å². The molecule has 4 nitrogen and oxygen atoms in total. The van der Waals surface area contributed by atoms with Crippen LogP contribution >= 0.6 is 0 Å². The number of benzene rings is 1. The largest absolute Gasteiger partial charge is 0.465 e. The predicted molar refractivity (Wildman–Crippen MR) is 65.1 cm³/mol. The van der Waals surface area contributed by atoms with Crippen molar-refractivity contribution in [3.63, 3.8) is 0 Å². The smallest absolute Gasteiger partial charge is 0.221 e. The number of ether oxygens (including phenoxy) is 2. The van der Waals surface area contributed by atoms with E-state index in [1.165, 1.54) is 6.92 Å². The first-order chi connectivity index (χ1) is 8.19. The third kappa shape index (κ3) is 2.97. The maximum Gasteiger partial charge on any atom is 0.221 e. The van der Waals surface area contributed by atoms with Crippen LogP contribution in [0.25, 0.3) is 0 Å². The summed E-state index contributed by atoms with van der Waals surface area (Å²) in [6, 6.07) is 5.68. The summed E-state index contributed by atoms with van der Waals surface area (Å²) in [7, 11) is 0. The Balaban J connectivity index is 2.11. The van der Waals surface area contributed by atoms with Crippen LogP contribution in [0, 0.1) is 0 Å². The maximum absolute atomic E-state index is 11.0. The van der Waals surface area contributed by atoms with Crippen molar-refractivity contribution in [3.8, 4) is 5.75 Å². The fraction of sp³-hybridized carbons (Fsp3) is 0.462. The van der Waals surface area contributed by atoms with Gasteiger partial charge in [-0.05, 0) is 37.1 Å². The van der Waals surface area contributed by atoms with Crippen LogP contribution in [0.3, 0.4) is 0 Å². The van der Waals surface area contributed by atoms with Crippen LogP contribution in [0.4, 0.5) is 5.69 Å². The summed E-state index contributed by atoms with van der Waals surface area (Å²) < 4.78 is 11.1. The third-order valence-corrected chi connectivity index (χ3v) is 2.64. The normalized spacial score (nSPS) is 18.1. The fourth-order valence-electron chi connectivity index (χ4n) is 1.95. The lowest BCUT2D eigenvalue weighted by atomic mass is 10.0. The van der Waals surface area contributed by atoms with Crippen LogP contribution in [0.1, 0.15) is 25.8 Å². The molecule has 1 unspecified atom stereocenters. The molecule has 1 aromatic rings. The van der Waals surface area contributed by atoms with Gasteiger partial charge in [0.2, 0.25) is 5.91 Å². The second-order valence-electron chi connectivity index (χ2n) is 4.05. The zero-order valence-electron chi connectivity index (χ0n) is 10.2. The van der Waals surface area contributed by atoms with Crippen LogP contribution in [0.15, 0.2) is 18.2 Å². The summed E-state index contributed by atoms with van der Waals surface area (Å²) in [6.07, 6.45) is 1.62. The molecule has 1 aliphatic rings. The van der Waals surface area contributed by atoms with Gasteiger partial charge in [-0.15, -0.1) is 0 Å². The van der Waals surface area contributed by atoms with Crippen molar-refractivity contribution in [1.82, 2.24) is 0 Å². The van der Waals surface area contributed by atoms with Crippen molar-refractivity contribution in [3.05, 3.63) is 23.8 Å². The number of nitrogens with one attached hydrogen (secondary N) is 1. The molecule has 1 aliphatic heterocycles. The van der Waals surface area contributed by atoms with Crippen molar-refractivity contribution in [2.45, 2.75) is 33.0 Å². The molecular formula is C13H17NO3. The number of rotatable bonds is 3. The molecule has 0 saturated carbocycles. The van der Waals surface area contributed by atoms with E-state index >= 15 is 0 Å². The van der Waals surface area contributed by atoms with E-state index in [1.807, 2.05) is 25.1 Å². The number of fused-ring (bicyclic) bond motifs is 1. The van der Waals surface area contributed by atoms with Gasteiger partial charge >= 0.3 is 0 Å². The van der Waals surface area contributed by atoms with Gasteiger partial charge in [0.1, 0.15) is 5.75 Å². The van der Waals surface area contributed by atoms with Gasteiger partial charge in [-0.25, -0.2) is 0 Å². The van der Waals surface area contributed by atoms with Crippen molar-refractivity contribution < 1.29 is 14.3 Å². The second-order valence-corrected chi connectivity index (χ2v) is 4.05. The molecule has 2 rings (SSSR count). The first-order valence-electron chi connectivity index (χ1n) is 5.88. The predicted octanol–water partition coefficient (Wildman–Crippen LogP) is 2.33. The minimum Gasteiger partial charge on any atom is -0.465 e. The molecular weight excluding hydrogens is 218 g/mol. The van der Waals surface area contributed by atoms with Gasteiger partial charge in [0.25, 0.3) is 0 Å². The number of hydrogen-bond donors (Lipinski definition) is 1. The molecule has 0 aliphatic carbocycles. The Morgan fingerprint density at radius 3 is 3.12 bits per heavy atom. The Kier molecular flexibility index (Phi) is 3.64. The Bertz CT molecular complexity index is 417. The zero-order chi connectivity index (χ0) is 12.3. The van der Waals surface area contributed by atoms with Crippen LogP contribution in [-0.4, -0.2) is 18.8 Å². The molecule has 1 N–H and O–H groups in total. The molecule has 1 heterocycles. The summed E-state index contributed by atoms with van der Waals surface area (Å²) in [5.74, 6) is 0.790. The second kappa shape index (κ2) is 5.19. The van der Waals surface area contributed by atoms with Crippen LogP contribution in [-0.2, 0) is 16.0 Å². The summed E-state index contributed by atoms with van der Waals surface area (Å²) in [6.45, 7) is 4.11. The molecule has 1 amide bonds. The Labute approximate surface area is 101 Å². The molecule has 17 heavy (non-hydrogen) atoms. The van der Waals surface area contributed by atoms with E-state index in [1.54, 1.807) is 0 Å². The summed E-state index contributed by atoms with van der Waals surface area (Å²) in [5.41, 5.74) is 1.93. The molecule has 4 heteroatoms. The quantitative estimate of drug-likeness (QED) is 0.874. The fourth-order valence-corrected chi connectivity index (χ4v) is 1.95. The summed E-state index contributed by atoms with van der Waals surface area (Å²) in [5, 5.41) is 2.77. The number of hydrogen-bond acceptors (Lipinski definition) is 3. The Morgan fingerprint density at radius 2 is 2.41 bits per heavy atom. The van der Waals surface area contributed by atoms with E-state index in [4.69, 9.17) is 9.47 Å². The highest BCUT2D eigenvalue weighted by atomic mass is 16.7. The molecule has 0 aromatic heterocycles. The van der Waals surface area contributed by atoms with Crippen molar-refractivity contribution in [2.75, 3.05) is 11.9 Å². The molecule has 1 atom stereocenters. The lowest BCUT2D eigenvalue weighted by Crippen LogP contribution is -2.25. The Morgan fingerprint density at radius 1 is 1.59 bits per heavy atom. The number of carbonyl (C=O) groups excluding carboxylic acids is 1. The number of aryl methyl sites for hydroxylation is 1. The molecule has 1 aromatic carbocycles. The van der Waals surface area contributed by atoms with Gasteiger partial charge in [0.05, 0.1) is 0 Å². The van der Waals surface area contributed by atoms with Gasteiger partial charge < -0.3 is 14.8 Å². The monoisotopic (exact) mass is 235 g/mol. The molecule has 0 fully saturated rings. The first-order valence-corrected chi connectivity index (χ1v) is 5.88. The minimum atomic E-state index is -0.140. The molecule has 0 radical (unpaired) electrons. The SMILES string of the molecule is CCOC1CCc2cc(NC(C)=O)ccc2O1. The lowest BCUT2D eigenvalue weighted by molar-refractivity contribution is -0.114.